The lowest BCUT2D eigenvalue weighted by atomic mass is 10.1. The summed E-state index contributed by atoms with van der Waals surface area (Å²) in [6, 6.07) is 0. The van der Waals surface area contributed by atoms with Gasteiger partial charge in [0, 0.05) is 17.6 Å². The molecule has 0 aromatic carbocycles. The first-order valence-electron chi connectivity index (χ1n) is 4.44. The molecule has 0 atom stereocenters. The third-order valence-electron chi connectivity index (χ3n) is 1.87. The number of rotatable bonds is 4. The number of alkyl halides is 4. The van der Waals surface area contributed by atoms with Crippen LogP contribution in [0, 0.1) is 5.95 Å². The number of aliphatic carboxylic acids is 1. The molecule has 0 aliphatic heterocycles. The van der Waals surface area contributed by atoms with Crippen LogP contribution in [0.4, 0.5) is 17.6 Å². The number of carboxylic acid groups (broad SMARTS) is 1. The molecular weight excluding hydrogens is 282 g/mol. The van der Waals surface area contributed by atoms with Crippen LogP contribution >= 0.6 is 11.6 Å². The molecule has 1 heterocycles. The van der Waals surface area contributed by atoms with Crippen LogP contribution in [0.25, 0.3) is 0 Å². The van der Waals surface area contributed by atoms with E-state index in [0.29, 0.717) is 0 Å². The SMILES string of the molecule is O=C(O)Cc1c(CCl)cnc(F)c1OC(F)(F)F. The summed E-state index contributed by atoms with van der Waals surface area (Å²) in [5.41, 5.74) is -0.526. The Balaban J connectivity index is 3.31. The van der Waals surface area contributed by atoms with Gasteiger partial charge in [0.1, 0.15) is 0 Å². The molecule has 0 saturated heterocycles. The second kappa shape index (κ2) is 5.38. The molecular formula is C9H6ClF4NO3. The van der Waals surface area contributed by atoms with E-state index in [1.54, 1.807) is 0 Å². The fourth-order valence-electron chi connectivity index (χ4n) is 1.22. The average Bonchev–Trinajstić information content (AvgIpc) is 2.21. The molecule has 100 valence electrons. The second-order valence-electron chi connectivity index (χ2n) is 3.13. The van der Waals surface area contributed by atoms with E-state index < -0.39 is 36.0 Å². The number of nitrogens with zero attached hydrogens (tertiary/aromatic N) is 1. The van der Waals surface area contributed by atoms with Gasteiger partial charge in [-0.2, -0.15) is 4.39 Å². The molecule has 18 heavy (non-hydrogen) atoms. The summed E-state index contributed by atoms with van der Waals surface area (Å²) in [4.78, 5) is 13.6. The molecule has 0 saturated carbocycles. The van der Waals surface area contributed by atoms with Gasteiger partial charge < -0.3 is 9.84 Å². The van der Waals surface area contributed by atoms with Crippen molar-refractivity contribution in [1.82, 2.24) is 4.98 Å². The lowest BCUT2D eigenvalue weighted by molar-refractivity contribution is -0.276. The van der Waals surface area contributed by atoms with Crippen molar-refractivity contribution in [2.75, 3.05) is 0 Å². The van der Waals surface area contributed by atoms with Crippen LogP contribution in [0.15, 0.2) is 6.20 Å². The summed E-state index contributed by atoms with van der Waals surface area (Å²) in [6.07, 6.45) is -5.14. The first kappa shape index (κ1) is 14.5. The standard InChI is InChI=1S/C9H6ClF4NO3/c10-2-4-3-15-8(11)7(18-9(12,13)14)5(4)1-6(16)17/h3H,1-2H2,(H,16,17). The summed E-state index contributed by atoms with van der Waals surface area (Å²) in [6.45, 7) is 0. The average molecular weight is 288 g/mol. The summed E-state index contributed by atoms with van der Waals surface area (Å²) >= 11 is 5.42. The van der Waals surface area contributed by atoms with Crippen molar-refractivity contribution >= 4 is 17.6 Å². The third kappa shape index (κ3) is 3.73. The van der Waals surface area contributed by atoms with E-state index in [1.807, 2.05) is 0 Å². The van der Waals surface area contributed by atoms with E-state index in [2.05, 4.69) is 9.72 Å². The minimum atomic E-state index is -5.15. The molecule has 1 aromatic rings. The monoisotopic (exact) mass is 287 g/mol. The fraction of sp³-hybridized carbons (Fsp3) is 0.333. The maximum absolute atomic E-state index is 13.2. The van der Waals surface area contributed by atoms with E-state index in [1.165, 1.54) is 0 Å². The first-order chi connectivity index (χ1) is 8.24. The molecule has 0 spiro atoms. The predicted molar refractivity (Wildman–Crippen MR) is 51.8 cm³/mol. The Morgan fingerprint density at radius 2 is 2.11 bits per heavy atom. The number of ether oxygens (including phenoxy) is 1. The minimum Gasteiger partial charge on any atom is -0.481 e. The van der Waals surface area contributed by atoms with Crippen LogP contribution < -0.4 is 4.74 Å². The molecule has 0 unspecified atom stereocenters. The molecule has 4 nitrogen and oxygen atoms in total. The van der Waals surface area contributed by atoms with E-state index in [9.17, 15) is 22.4 Å². The quantitative estimate of drug-likeness (QED) is 0.525. The molecule has 1 rings (SSSR count). The van der Waals surface area contributed by atoms with Crippen LogP contribution in [-0.2, 0) is 17.1 Å². The number of pyridine rings is 1. The molecule has 1 aromatic heterocycles. The zero-order valence-corrected chi connectivity index (χ0v) is 9.35. The summed E-state index contributed by atoms with van der Waals surface area (Å²) < 4.78 is 52.9. The van der Waals surface area contributed by atoms with Gasteiger partial charge in [-0.1, -0.05) is 0 Å². The predicted octanol–water partition coefficient (Wildman–Crippen LogP) is 2.49. The van der Waals surface area contributed by atoms with Gasteiger partial charge in [-0.15, -0.1) is 24.8 Å². The maximum Gasteiger partial charge on any atom is 0.573 e. The van der Waals surface area contributed by atoms with Crippen molar-refractivity contribution < 1.29 is 32.2 Å². The summed E-state index contributed by atoms with van der Waals surface area (Å²) in [7, 11) is 0. The molecule has 0 amide bonds. The van der Waals surface area contributed by atoms with E-state index >= 15 is 0 Å². The van der Waals surface area contributed by atoms with Gasteiger partial charge in [0.25, 0.3) is 5.95 Å². The molecule has 0 bridgehead atoms. The van der Waals surface area contributed by atoms with Gasteiger partial charge in [0.2, 0.25) is 0 Å². The van der Waals surface area contributed by atoms with Crippen LogP contribution in [0.2, 0.25) is 0 Å². The first-order valence-corrected chi connectivity index (χ1v) is 4.97. The minimum absolute atomic E-state index is 0.0419. The Hall–Kier alpha value is -1.57. The van der Waals surface area contributed by atoms with Crippen molar-refractivity contribution in [2.45, 2.75) is 18.7 Å². The molecule has 1 N–H and O–H groups in total. The zero-order chi connectivity index (χ0) is 13.9. The molecule has 0 aliphatic carbocycles. The largest absolute Gasteiger partial charge is 0.573 e. The van der Waals surface area contributed by atoms with Gasteiger partial charge in [-0.25, -0.2) is 4.98 Å². The number of halogens is 5. The summed E-state index contributed by atoms with van der Waals surface area (Å²) in [5.74, 6) is -4.57. The van der Waals surface area contributed by atoms with Gasteiger partial charge in [-0.05, 0) is 5.56 Å². The van der Waals surface area contributed by atoms with E-state index in [0.717, 1.165) is 6.20 Å². The van der Waals surface area contributed by atoms with Crippen molar-refractivity contribution in [3.8, 4) is 5.75 Å². The number of hydrogen-bond acceptors (Lipinski definition) is 3. The highest BCUT2D eigenvalue weighted by Gasteiger charge is 2.35. The smallest absolute Gasteiger partial charge is 0.481 e. The van der Waals surface area contributed by atoms with Crippen LogP contribution in [0.5, 0.6) is 5.75 Å². The van der Waals surface area contributed by atoms with Crippen molar-refractivity contribution in [3.63, 3.8) is 0 Å². The molecule has 0 fully saturated rings. The zero-order valence-electron chi connectivity index (χ0n) is 8.59. The topological polar surface area (TPSA) is 59.4 Å². The second-order valence-corrected chi connectivity index (χ2v) is 3.40. The van der Waals surface area contributed by atoms with Crippen molar-refractivity contribution in [3.05, 3.63) is 23.3 Å². The number of carboxylic acids is 1. The van der Waals surface area contributed by atoms with Gasteiger partial charge in [0.15, 0.2) is 5.75 Å². The number of hydrogen-bond donors (Lipinski definition) is 1. The van der Waals surface area contributed by atoms with Crippen molar-refractivity contribution in [2.24, 2.45) is 0 Å². The maximum atomic E-state index is 13.2. The normalized spacial score (nSPS) is 11.4. The Bertz CT molecular complexity index is 464. The van der Waals surface area contributed by atoms with Gasteiger partial charge in [-0.3, -0.25) is 4.79 Å². The summed E-state index contributed by atoms with van der Waals surface area (Å²) in [5, 5.41) is 8.58. The fourth-order valence-corrected chi connectivity index (χ4v) is 1.45. The highest BCUT2D eigenvalue weighted by Crippen LogP contribution is 2.31. The van der Waals surface area contributed by atoms with Crippen LogP contribution in [0.1, 0.15) is 11.1 Å². The number of carbonyl (C=O) groups is 1. The highest BCUT2D eigenvalue weighted by atomic mass is 35.5. The van der Waals surface area contributed by atoms with E-state index in [-0.39, 0.29) is 11.4 Å². The van der Waals surface area contributed by atoms with Crippen molar-refractivity contribution in [1.29, 1.82) is 0 Å². The number of aromatic nitrogens is 1. The highest BCUT2D eigenvalue weighted by molar-refractivity contribution is 6.17. The van der Waals surface area contributed by atoms with E-state index in [4.69, 9.17) is 16.7 Å². The van der Waals surface area contributed by atoms with Gasteiger partial charge in [0.05, 0.1) is 6.42 Å². The Morgan fingerprint density at radius 1 is 1.50 bits per heavy atom. The Kier molecular flexibility index (Phi) is 4.33. The Morgan fingerprint density at radius 3 is 2.56 bits per heavy atom. The van der Waals surface area contributed by atoms with Crippen LogP contribution in [-0.4, -0.2) is 22.4 Å². The van der Waals surface area contributed by atoms with Gasteiger partial charge >= 0.3 is 12.3 Å². The lowest BCUT2D eigenvalue weighted by Gasteiger charge is -2.14. The molecule has 9 heteroatoms. The molecule has 0 radical (unpaired) electrons. The Labute approximate surface area is 103 Å². The molecule has 0 aliphatic rings. The lowest BCUT2D eigenvalue weighted by Crippen LogP contribution is -2.21. The third-order valence-corrected chi connectivity index (χ3v) is 2.16. The van der Waals surface area contributed by atoms with Crippen LogP contribution in [0.3, 0.4) is 0 Å².